The fourth-order valence-corrected chi connectivity index (χ4v) is 2.10. The molecule has 0 bridgehead atoms. The summed E-state index contributed by atoms with van der Waals surface area (Å²) in [6.07, 6.45) is 2.35. The maximum atomic E-state index is 9.85. The van der Waals surface area contributed by atoms with Crippen LogP contribution < -0.4 is 0 Å². The summed E-state index contributed by atoms with van der Waals surface area (Å²) in [7, 11) is 0. The van der Waals surface area contributed by atoms with E-state index >= 15 is 0 Å². The third kappa shape index (κ3) is 2.29. The maximum absolute atomic E-state index is 9.85. The van der Waals surface area contributed by atoms with Gasteiger partial charge in [0.25, 0.3) is 0 Å². The molecule has 1 fully saturated rings. The number of aromatic nitrogens is 2. The van der Waals surface area contributed by atoms with E-state index in [-0.39, 0.29) is 6.10 Å². The molecule has 94 valence electrons. The molecule has 0 spiro atoms. The van der Waals surface area contributed by atoms with Gasteiger partial charge in [0, 0.05) is 5.56 Å². The summed E-state index contributed by atoms with van der Waals surface area (Å²) in [6, 6.07) is 7.93. The van der Waals surface area contributed by atoms with Crippen molar-refractivity contribution in [1.82, 2.24) is 10.1 Å². The van der Waals surface area contributed by atoms with Crippen molar-refractivity contribution in [3.63, 3.8) is 0 Å². The number of nitrogens with zero attached hydrogens (tertiary/aromatic N) is 2. The topological polar surface area (TPSA) is 59.2 Å². The zero-order valence-corrected chi connectivity index (χ0v) is 10.3. The second-order valence-corrected chi connectivity index (χ2v) is 4.94. The highest BCUT2D eigenvalue weighted by Gasteiger charge is 2.31. The zero-order chi connectivity index (χ0) is 12.5. The van der Waals surface area contributed by atoms with E-state index < -0.39 is 0 Å². The van der Waals surface area contributed by atoms with E-state index in [4.69, 9.17) is 4.52 Å². The molecule has 0 radical (unpaired) electrons. The van der Waals surface area contributed by atoms with Crippen LogP contribution in [0.5, 0.6) is 0 Å². The van der Waals surface area contributed by atoms with Crippen LogP contribution in [0.3, 0.4) is 0 Å². The van der Waals surface area contributed by atoms with Crippen molar-refractivity contribution in [1.29, 1.82) is 0 Å². The van der Waals surface area contributed by atoms with Gasteiger partial charge in [0.15, 0.2) is 0 Å². The number of aliphatic hydroxyl groups is 1. The highest BCUT2D eigenvalue weighted by Crippen LogP contribution is 2.34. The van der Waals surface area contributed by atoms with Crippen molar-refractivity contribution in [2.45, 2.75) is 32.3 Å². The molecule has 1 saturated carbocycles. The molecule has 1 aromatic carbocycles. The highest BCUT2D eigenvalue weighted by atomic mass is 16.5. The minimum Gasteiger partial charge on any atom is -0.392 e. The number of benzene rings is 1. The maximum Gasteiger partial charge on any atom is 0.229 e. The number of hydrogen-bond donors (Lipinski definition) is 1. The van der Waals surface area contributed by atoms with E-state index in [1.165, 1.54) is 0 Å². The Morgan fingerprint density at radius 2 is 2.17 bits per heavy atom. The first-order valence-electron chi connectivity index (χ1n) is 6.30. The Hall–Kier alpha value is -1.68. The smallest absolute Gasteiger partial charge is 0.229 e. The van der Waals surface area contributed by atoms with Crippen LogP contribution in [-0.4, -0.2) is 21.4 Å². The predicted octanol–water partition coefficient (Wildman–Crippen LogP) is 2.36. The summed E-state index contributed by atoms with van der Waals surface area (Å²) in [5.74, 6) is 1.55. The largest absolute Gasteiger partial charge is 0.392 e. The summed E-state index contributed by atoms with van der Waals surface area (Å²) in [6.45, 7) is 2.02. The first kappa shape index (κ1) is 11.4. The zero-order valence-electron chi connectivity index (χ0n) is 10.3. The SMILES string of the molecule is Cc1ccccc1-c1noc(CC(O)C2CC2)n1. The molecule has 4 heteroatoms. The van der Waals surface area contributed by atoms with Gasteiger partial charge in [-0.15, -0.1) is 0 Å². The lowest BCUT2D eigenvalue weighted by atomic mass is 10.1. The van der Waals surface area contributed by atoms with Gasteiger partial charge in [-0.05, 0) is 31.2 Å². The Morgan fingerprint density at radius 1 is 1.39 bits per heavy atom. The quantitative estimate of drug-likeness (QED) is 0.897. The van der Waals surface area contributed by atoms with Crippen molar-refractivity contribution in [2.75, 3.05) is 0 Å². The van der Waals surface area contributed by atoms with E-state index in [2.05, 4.69) is 10.1 Å². The molecule has 18 heavy (non-hydrogen) atoms. The van der Waals surface area contributed by atoms with Gasteiger partial charge in [-0.3, -0.25) is 0 Å². The highest BCUT2D eigenvalue weighted by molar-refractivity contribution is 5.58. The molecule has 1 atom stereocenters. The van der Waals surface area contributed by atoms with Gasteiger partial charge < -0.3 is 9.63 Å². The van der Waals surface area contributed by atoms with Gasteiger partial charge in [-0.25, -0.2) is 0 Å². The molecular formula is C14H16N2O2. The Balaban J connectivity index is 1.78. The average Bonchev–Trinajstić information content (AvgIpc) is 3.12. The second-order valence-electron chi connectivity index (χ2n) is 4.94. The molecule has 1 aliphatic rings. The van der Waals surface area contributed by atoms with Gasteiger partial charge >= 0.3 is 0 Å². The number of aliphatic hydroxyl groups excluding tert-OH is 1. The Bertz CT molecular complexity index is 546. The monoisotopic (exact) mass is 244 g/mol. The lowest BCUT2D eigenvalue weighted by Crippen LogP contribution is -2.12. The van der Waals surface area contributed by atoms with Crippen molar-refractivity contribution in [3.8, 4) is 11.4 Å². The normalized spacial score (nSPS) is 16.8. The number of rotatable bonds is 4. The van der Waals surface area contributed by atoms with Crippen molar-refractivity contribution < 1.29 is 9.63 Å². The predicted molar refractivity (Wildman–Crippen MR) is 66.9 cm³/mol. The minimum atomic E-state index is -0.338. The molecule has 1 aliphatic carbocycles. The Morgan fingerprint density at radius 3 is 2.89 bits per heavy atom. The number of aryl methyl sites for hydroxylation is 1. The molecule has 2 aromatic rings. The van der Waals surface area contributed by atoms with Gasteiger partial charge in [0.2, 0.25) is 11.7 Å². The minimum absolute atomic E-state index is 0.338. The molecule has 1 unspecified atom stereocenters. The molecule has 1 heterocycles. The summed E-state index contributed by atoms with van der Waals surface area (Å²) in [5, 5.41) is 13.8. The van der Waals surface area contributed by atoms with Crippen LogP contribution in [0.25, 0.3) is 11.4 Å². The lowest BCUT2D eigenvalue weighted by Gasteiger charge is -2.03. The lowest BCUT2D eigenvalue weighted by molar-refractivity contribution is 0.140. The standard InChI is InChI=1S/C14H16N2O2/c1-9-4-2-3-5-11(9)14-15-13(18-16-14)8-12(17)10-6-7-10/h2-5,10,12,17H,6-8H2,1H3. The van der Waals surface area contributed by atoms with Crippen LogP contribution in [-0.2, 0) is 6.42 Å². The van der Waals surface area contributed by atoms with E-state index in [1.807, 2.05) is 31.2 Å². The summed E-state index contributed by atoms with van der Waals surface area (Å²) < 4.78 is 5.20. The molecule has 0 aliphatic heterocycles. The van der Waals surface area contributed by atoms with Gasteiger partial charge in [-0.2, -0.15) is 4.98 Å². The van der Waals surface area contributed by atoms with Crippen molar-refractivity contribution in [3.05, 3.63) is 35.7 Å². The number of hydrogen-bond acceptors (Lipinski definition) is 4. The van der Waals surface area contributed by atoms with Gasteiger partial charge in [0.1, 0.15) is 0 Å². The van der Waals surface area contributed by atoms with Crippen molar-refractivity contribution >= 4 is 0 Å². The first-order chi connectivity index (χ1) is 8.74. The van der Waals surface area contributed by atoms with Crippen molar-refractivity contribution in [2.24, 2.45) is 5.92 Å². The second kappa shape index (κ2) is 4.53. The van der Waals surface area contributed by atoms with Crippen LogP contribution in [0.1, 0.15) is 24.3 Å². The molecule has 1 N–H and O–H groups in total. The fraction of sp³-hybridized carbons (Fsp3) is 0.429. The van der Waals surface area contributed by atoms with E-state index in [0.717, 1.165) is 24.0 Å². The summed E-state index contributed by atoms with van der Waals surface area (Å²) in [5.41, 5.74) is 2.10. The molecule has 0 amide bonds. The third-order valence-electron chi connectivity index (χ3n) is 3.40. The summed E-state index contributed by atoms with van der Waals surface area (Å²) in [4.78, 5) is 4.35. The van der Waals surface area contributed by atoms with E-state index in [1.54, 1.807) is 0 Å². The Labute approximate surface area is 106 Å². The summed E-state index contributed by atoms with van der Waals surface area (Å²) >= 11 is 0. The van der Waals surface area contributed by atoms with Gasteiger partial charge in [-0.1, -0.05) is 29.4 Å². The van der Waals surface area contributed by atoms with Crippen LogP contribution in [0.4, 0.5) is 0 Å². The van der Waals surface area contributed by atoms with E-state index in [0.29, 0.717) is 24.1 Å². The fourth-order valence-electron chi connectivity index (χ4n) is 2.10. The Kier molecular flexibility index (Phi) is 2.88. The van der Waals surface area contributed by atoms with Gasteiger partial charge in [0.05, 0.1) is 12.5 Å². The van der Waals surface area contributed by atoms with E-state index in [9.17, 15) is 5.11 Å². The molecule has 4 nitrogen and oxygen atoms in total. The molecule has 3 rings (SSSR count). The molecule has 0 saturated heterocycles. The van der Waals surface area contributed by atoms with Crippen LogP contribution >= 0.6 is 0 Å². The third-order valence-corrected chi connectivity index (χ3v) is 3.40. The van der Waals surface area contributed by atoms with Crippen LogP contribution in [0.15, 0.2) is 28.8 Å². The molecular weight excluding hydrogens is 228 g/mol. The first-order valence-corrected chi connectivity index (χ1v) is 6.30. The van der Waals surface area contributed by atoms with Crippen LogP contribution in [0, 0.1) is 12.8 Å². The van der Waals surface area contributed by atoms with Crippen LogP contribution in [0.2, 0.25) is 0 Å². The average molecular weight is 244 g/mol. The molecule has 1 aromatic heterocycles.